The summed E-state index contributed by atoms with van der Waals surface area (Å²) in [5.41, 5.74) is 1.67. The van der Waals surface area contributed by atoms with Crippen molar-refractivity contribution in [3.8, 4) is 0 Å². The number of anilines is 1. The molecule has 134 valence electrons. The number of benzene rings is 1. The van der Waals surface area contributed by atoms with Gasteiger partial charge >= 0.3 is 6.18 Å². The Hall–Kier alpha value is -2.22. The van der Waals surface area contributed by atoms with E-state index in [1.54, 1.807) is 24.0 Å². The topological polar surface area (TPSA) is 38.2 Å². The Morgan fingerprint density at radius 1 is 1.12 bits per heavy atom. The molecule has 1 aliphatic rings. The zero-order chi connectivity index (χ0) is 18.2. The maximum atomic E-state index is 13.1. The molecule has 1 aliphatic heterocycles. The first kappa shape index (κ1) is 17.6. The number of halogens is 4. The molecule has 3 rings (SSSR count). The molecule has 1 atom stereocenters. The molecule has 1 fully saturated rings. The van der Waals surface area contributed by atoms with E-state index in [9.17, 15) is 17.6 Å². The minimum absolute atomic E-state index is 0.259. The van der Waals surface area contributed by atoms with Crippen molar-refractivity contribution in [1.82, 2.24) is 9.97 Å². The van der Waals surface area contributed by atoms with Gasteiger partial charge in [-0.1, -0.05) is 12.1 Å². The van der Waals surface area contributed by atoms with Crippen LogP contribution in [-0.4, -0.2) is 29.7 Å². The van der Waals surface area contributed by atoms with E-state index >= 15 is 0 Å². The first-order valence-electron chi connectivity index (χ1n) is 7.80. The van der Waals surface area contributed by atoms with Gasteiger partial charge in [-0.25, -0.2) is 14.4 Å². The molecule has 1 unspecified atom stereocenters. The van der Waals surface area contributed by atoms with Crippen LogP contribution in [0.25, 0.3) is 0 Å². The molecule has 0 amide bonds. The van der Waals surface area contributed by atoms with Crippen molar-refractivity contribution < 1.29 is 22.3 Å². The summed E-state index contributed by atoms with van der Waals surface area (Å²) >= 11 is 0. The Labute approximate surface area is 142 Å². The predicted molar refractivity (Wildman–Crippen MR) is 83.8 cm³/mol. The highest BCUT2D eigenvalue weighted by Crippen LogP contribution is 2.32. The number of aromatic nitrogens is 2. The Morgan fingerprint density at radius 3 is 2.44 bits per heavy atom. The fourth-order valence-electron chi connectivity index (χ4n) is 2.77. The molecule has 0 bridgehead atoms. The fraction of sp³-hybridized carbons (Fsp3) is 0.412. The first-order valence-corrected chi connectivity index (χ1v) is 7.80. The Morgan fingerprint density at radius 2 is 1.80 bits per heavy atom. The van der Waals surface area contributed by atoms with Gasteiger partial charge in [-0.2, -0.15) is 13.2 Å². The Kier molecular flexibility index (Phi) is 4.64. The van der Waals surface area contributed by atoms with Crippen molar-refractivity contribution >= 4 is 5.82 Å². The second-order valence-electron chi connectivity index (χ2n) is 5.94. The molecule has 0 aliphatic carbocycles. The van der Waals surface area contributed by atoms with E-state index in [0.29, 0.717) is 31.0 Å². The lowest BCUT2D eigenvalue weighted by molar-refractivity contribution is -0.145. The highest BCUT2D eigenvalue weighted by molar-refractivity contribution is 5.49. The summed E-state index contributed by atoms with van der Waals surface area (Å²) in [5.74, 6) is -1.24. The highest BCUT2D eigenvalue weighted by atomic mass is 19.4. The van der Waals surface area contributed by atoms with Crippen LogP contribution >= 0.6 is 0 Å². The second-order valence-corrected chi connectivity index (χ2v) is 5.94. The van der Waals surface area contributed by atoms with Crippen LogP contribution in [0.1, 0.15) is 28.7 Å². The number of ether oxygens (including phenoxy) is 1. The summed E-state index contributed by atoms with van der Waals surface area (Å²) in [6.45, 7) is 4.33. The fourth-order valence-corrected chi connectivity index (χ4v) is 2.77. The van der Waals surface area contributed by atoms with Crippen LogP contribution in [0.15, 0.2) is 24.3 Å². The van der Waals surface area contributed by atoms with Crippen molar-refractivity contribution in [1.29, 1.82) is 0 Å². The van der Waals surface area contributed by atoms with E-state index in [2.05, 4.69) is 9.97 Å². The standard InChI is InChI=1S/C17H17F4N3O/c1-10-11(2)22-16(17(19,20)21)23-15(10)24-7-8-25-14(9-24)12-3-5-13(18)6-4-12/h3-6,14H,7-9H2,1-2H3. The lowest BCUT2D eigenvalue weighted by atomic mass is 10.1. The van der Waals surface area contributed by atoms with E-state index < -0.39 is 12.0 Å². The summed E-state index contributed by atoms with van der Waals surface area (Å²) < 4.78 is 57.8. The summed E-state index contributed by atoms with van der Waals surface area (Å²) in [4.78, 5) is 9.06. The average molecular weight is 355 g/mol. The van der Waals surface area contributed by atoms with E-state index in [-0.39, 0.29) is 17.7 Å². The Balaban J connectivity index is 1.91. The summed E-state index contributed by atoms with van der Waals surface area (Å²) in [7, 11) is 0. The number of aryl methyl sites for hydroxylation is 1. The van der Waals surface area contributed by atoms with Crippen molar-refractivity contribution in [3.05, 3.63) is 52.7 Å². The number of hydrogen-bond donors (Lipinski definition) is 0. The minimum atomic E-state index is -4.60. The quantitative estimate of drug-likeness (QED) is 0.768. The molecule has 2 aromatic rings. The third-order valence-corrected chi connectivity index (χ3v) is 4.22. The largest absolute Gasteiger partial charge is 0.451 e. The van der Waals surface area contributed by atoms with E-state index in [0.717, 1.165) is 5.56 Å². The summed E-state index contributed by atoms with van der Waals surface area (Å²) in [5, 5.41) is 0. The van der Waals surface area contributed by atoms with Gasteiger partial charge in [0.25, 0.3) is 0 Å². The third kappa shape index (κ3) is 3.73. The van der Waals surface area contributed by atoms with Crippen molar-refractivity contribution in [2.24, 2.45) is 0 Å². The molecule has 4 nitrogen and oxygen atoms in total. The maximum Gasteiger partial charge on any atom is 0.451 e. The highest BCUT2D eigenvalue weighted by Gasteiger charge is 2.36. The number of alkyl halides is 3. The first-order chi connectivity index (χ1) is 11.8. The SMILES string of the molecule is Cc1nc(C(F)(F)F)nc(N2CCOC(c3ccc(F)cc3)C2)c1C. The van der Waals surface area contributed by atoms with Crippen molar-refractivity contribution in [2.45, 2.75) is 26.1 Å². The van der Waals surface area contributed by atoms with Gasteiger partial charge in [-0.15, -0.1) is 0 Å². The normalized spacial score (nSPS) is 18.5. The van der Waals surface area contributed by atoms with Crippen LogP contribution in [0.4, 0.5) is 23.4 Å². The number of hydrogen-bond acceptors (Lipinski definition) is 4. The molecule has 0 N–H and O–H groups in total. The van der Waals surface area contributed by atoms with Crippen LogP contribution in [0.5, 0.6) is 0 Å². The van der Waals surface area contributed by atoms with Crippen LogP contribution in [0.2, 0.25) is 0 Å². The predicted octanol–water partition coefficient (Wildman–Crippen LogP) is 3.83. The van der Waals surface area contributed by atoms with Crippen LogP contribution in [-0.2, 0) is 10.9 Å². The van der Waals surface area contributed by atoms with Gasteiger partial charge in [0.1, 0.15) is 17.7 Å². The average Bonchev–Trinajstić information content (AvgIpc) is 2.57. The lowest BCUT2D eigenvalue weighted by Gasteiger charge is -2.35. The lowest BCUT2D eigenvalue weighted by Crippen LogP contribution is -2.39. The molecule has 1 aromatic heterocycles. The van der Waals surface area contributed by atoms with E-state index in [4.69, 9.17) is 4.74 Å². The van der Waals surface area contributed by atoms with Gasteiger partial charge in [0.2, 0.25) is 5.82 Å². The van der Waals surface area contributed by atoms with Gasteiger partial charge < -0.3 is 9.64 Å². The molecular formula is C17H17F4N3O. The molecular weight excluding hydrogens is 338 g/mol. The zero-order valence-corrected chi connectivity index (χ0v) is 13.8. The molecule has 8 heteroatoms. The molecule has 2 heterocycles. The monoisotopic (exact) mass is 355 g/mol. The van der Waals surface area contributed by atoms with Crippen LogP contribution in [0.3, 0.4) is 0 Å². The molecule has 0 spiro atoms. The molecule has 1 saturated heterocycles. The Bertz CT molecular complexity index is 762. The molecule has 25 heavy (non-hydrogen) atoms. The van der Waals surface area contributed by atoms with Crippen molar-refractivity contribution in [2.75, 3.05) is 24.6 Å². The summed E-state index contributed by atoms with van der Waals surface area (Å²) in [6, 6.07) is 5.89. The van der Waals surface area contributed by atoms with Gasteiger partial charge in [0.05, 0.1) is 6.61 Å². The zero-order valence-electron chi connectivity index (χ0n) is 13.8. The van der Waals surface area contributed by atoms with E-state index in [1.807, 2.05) is 0 Å². The number of morpholine rings is 1. The number of rotatable bonds is 2. The van der Waals surface area contributed by atoms with Gasteiger partial charge in [-0.05, 0) is 31.5 Å². The van der Waals surface area contributed by atoms with Crippen molar-refractivity contribution in [3.63, 3.8) is 0 Å². The number of nitrogens with zero attached hydrogens (tertiary/aromatic N) is 3. The minimum Gasteiger partial charge on any atom is -0.370 e. The second kappa shape index (κ2) is 6.59. The molecule has 0 saturated carbocycles. The third-order valence-electron chi connectivity index (χ3n) is 4.22. The molecule has 1 aromatic carbocycles. The smallest absolute Gasteiger partial charge is 0.370 e. The van der Waals surface area contributed by atoms with Gasteiger partial charge in [-0.3, -0.25) is 0 Å². The van der Waals surface area contributed by atoms with Crippen LogP contribution in [0, 0.1) is 19.7 Å². The molecule has 0 radical (unpaired) electrons. The van der Waals surface area contributed by atoms with Gasteiger partial charge in [0.15, 0.2) is 0 Å². The van der Waals surface area contributed by atoms with E-state index in [1.165, 1.54) is 19.1 Å². The van der Waals surface area contributed by atoms with Crippen LogP contribution < -0.4 is 4.90 Å². The summed E-state index contributed by atoms with van der Waals surface area (Å²) in [6.07, 6.45) is -4.96. The maximum absolute atomic E-state index is 13.1. The van der Waals surface area contributed by atoms with Gasteiger partial charge in [0, 0.05) is 24.3 Å².